The van der Waals surface area contributed by atoms with Crippen molar-refractivity contribution in [3.63, 3.8) is 0 Å². The number of carbonyl (C=O) groups excluding carboxylic acids is 1. The molecule has 0 atom stereocenters. The molecule has 0 aliphatic heterocycles. The first kappa shape index (κ1) is 19.6. The first-order valence-electron chi connectivity index (χ1n) is 9.18. The fraction of sp³-hybridized carbons (Fsp3) is 0.286. The van der Waals surface area contributed by atoms with Crippen molar-refractivity contribution in [1.29, 1.82) is 0 Å². The standard InChI is InChI=1S/C21H24N4O3/c1-3-25(13-19-23-18-10-5-4-9-17(18)20(26)24-19)21(27)22-12-15-7-6-8-16(11-15)14-28-2/h4-11H,3,12-14H2,1-2H3,(H,22,27)(H,23,24,26). The van der Waals surface area contributed by atoms with E-state index in [1.54, 1.807) is 30.2 Å². The third kappa shape index (κ3) is 4.75. The summed E-state index contributed by atoms with van der Waals surface area (Å²) in [7, 11) is 1.65. The SMILES string of the molecule is CCN(Cc1nc2ccccc2c(=O)[nH]1)C(=O)NCc1cccc(COC)c1. The second-order valence-electron chi connectivity index (χ2n) is 6.46. The Morgan fingerprint density at radius 2 is 1.96 bits per heavy atom. The van der Waals surface area contributed by atoms with Gasteiger partial charge in [-0.25, -0.2) is 9.78 Å². The highest BCUT2D eigenvalue weighted by Gasteiger charge is 2.14. The molecule has 2 amide bonds. The van der Waals surface area contributed by atoms with E-state index in [-0.39, 0.29) is 18.1 Å². The molecule has 146 valence electrons. The summed E-state index contributed by atoms with van der Waals surface area (Å²) in [6, 6.07) is 14.8. The first-order valence-corrected chi connectivity index (χ1v) is 9.18. The fourth-order valence-corrected chi connectivity index (χ4v) is 3.00. The zero-order chi connectivity index (χ0) is 19.9. The predicted molar refractivity (Wildman–Crippen MR) is 108 cm³/mol. The summed E-state index contributed by atoms with van der Waals surface area (Å²) >= 11 is 0. The lowest BCUT2D eigenvalue weighted by Gasteiger charge is -2.21. The molecular formula is C21H24N4O3. The number of rotatable bonds is 7. The molecule has 0 unspecified atom stereocenters. The Morgan fingerprint density at radius 3 is 2.75 bits per heavy atom. The molecule has 28 heavy (non-hydrogen) atoms. The van der Waals surface area contributed by atoms with E-state index in [1.165, 1.54) is 0 Å². The van der Waals surface area contributed by atoms with Crippen molar-refractivity contribution in [3.05, 3.63) is 75.8 Å². The molecule has 0 saturated heterocycles. The average molecular weight is 380 g/mol. The Bertz CT molecular complexity index is 1020. The Kier molecular flexibility index (Phi) is 6.39. The Morgan fingerprint density at radius 1 is 1.18 bits per heavy atom. The van der Waals surface area contributed by atoms with Gasteiger partial charge >= 0.3 is 6.03 Å². The number of urea groups is 1. The molecule has 2 N–H and O–H groups in total. The van der Waals surface area contributed by atoms with Gasteiger partial charge in [0.05, 0.1) is 24.1 Å². The van der Waals surface area contributed by atoms with Crippen LogP contribution in [0.4, 0.5) is 4.79 Å². The second-order valence-corrected chi connectivity index (χ2v) is 6.46. The molecule has 0 spiro atoms. The quantitative estimate of drug-likeness (QED) is 0.660. The van der Waals surface area contributed by atoms with Crippen LogP contribution in [0.2, 0.25) is 0 Å². The van der Waals surface area contributed by atoms with Crippen LogP contribution in [0.15, 0.2) is 53.3 Å². The minimum absolute atomic E-state index is 0.202. The summed E-state index contributed by atoms with van der Waals surface area (Å²) < 4.78 is 5.14. The number of amides is 2. The summed E-state index contributed by atoms with van der Waals surface area (Å²) in [5.41, 5.74) is 2.47. The summed E-state index contributed by atoms with van der Waals surface area (Å²) in [4.78, 5) is 33.6. The largest absolute Gasteiger partial charge is 0.380 e. The molecule has 0 fully saturated rings. The van der Waals surface area contributed by atoms with Gasteiger partial charge in [-0.3, -0.25) is 4.79 Å². The maximum atomic E-state index is 12.6. The van der Waals surface area contributed by atoms with Crippen molar-refractivity contribution in [2.45, 2.75) is 26.6 Å². The van der Waals surface area contributed by atoms with E-state index in [9.17, 15) is 9.59 Å². The van der Waals surface area contributed by atoms with Gasteiger partial charge in [0, 0.05) is 20.2 Å². The van der Waals surface area contributed by atoms with E-state index in [4.69, 9.17) is 4.74 Å². The molecule has 1 aromatic heterocycles. The molecule has 0 bridgehead atoms. The van der Waals surface area contributed by atoms with Gasteiger partial charge in [0.1, 0.15) is 5.82 Å². The van der Waals surface area contributed by atoms with Crippen molar-refractivity contribution in [3.8, 4) is 0 Å². The third-order valence-corrected chi connectivity index (χ3v) is 4.42. The van der Waals surface area contributed by atoms with Crippen LogP contribution in [0.5, 0.6) is 0 Å². The molecule has 7 nitrogen and oxygen atoms in total. The summed E-state index contributed by atoms with van der Waals surface area (Å²) in [6.45, 7) is 3.55. The molecule has 0 saturated carbocycles. The third-order valence-electron chi connectivity index (χ3n) is 4.42. The van der Waals surface area contributed by atoms with Crippen LogP contribution in [-0.4, -0.2) is 34.6 Å². The van der Waals surface area contributed by atoms with Gasteiger partial charge < -0.3 is 19.9 Å². The van der Waals surface area contributed by atoms with Crippen molar-refractivity contribution >= 4 is 16.9 Å². The highest BCUT2D eigenvalue weighted by atomic mass is 16.5. The fourth-order valence-electron chi connectivity index (χ4n) is 3.00. The molecule has 3 aromatic rings. The molecule has 0 radical (unpaired) electrons. The number of aromatic amines is 1. The van der Waals surface area contributed by atoms with Gasteiger partial charge in [0.15, 0.2) is 0 Å². The maximum absolute atomic E-state index is 12.6. The predicted octanol–water partition coefficient (Wildman–Crippen LogP) is 2.80. The summed E-state index contributed by atoms with van der Waals surface area (Å²) in [5.74, 6) is 0.461. The van der Waals surface area contributed by atoms with Crippen molar-refractivity contribution in [2.24, 2.45) is 0 Å². The van der Waals surface area contributed by atoms with Crippen molar-refractivity contribution < 1.29 is 9.53 Å². The number of hydrogen-bond donors (Lipinski definition) is 2. The lowest BCUT2D eigenvalue weighted by Crippen LogP contribution is -2.39. The number of aromatic nitrogens is 2. The molecule has 2 aromatic carbocycles. The lowest BCUT2D eigenvalue weighted by atomic mass is 10.1. The van der Waals surface area contributed by atoms with Gasteiger partial charge in [0.2, 0.25) is 0 Å². The second kappa shape index (κ2) is 9.14. The number of benzene rings is 2. The molecule has 0 aliphatic rings. The molecule has 0 aliphatic carbocycles. The van der Waals surface area contributed by atoms with Gasteiger partial charge in [0.25, 0.3) is 5.56 Å². The summed E-state index contributed by atoms with van der Waals surface area (Å²) in [5, 5.41) is 3.45. The maximum Gasteiger partial charge on any atom is 0.318 e. The van der Waals surface area contributed by atoms with E-state index < -0.39 is 0 Å². The van der Waals surface area contributed by atoms with Crippen molar-refractivity contribution in [1.82, 2.24) is 20.2 Å². The number of methoxy groups -OCH3 is 1. The monoisotopic (exact) mass is 380 g/mol. The molecule has 1 heterocycles. The number of ether oxygens (including phenoxy) is 1. The average Bonchev–Trinajstić information content (AvgIpc) is 2.71. The Hall–Kier alpha value is -3.19. The lowest BCUT2D eigenvalue weighted by molar-refractivity contribution is 0.185. The zero-order valence-electron chi connectivity index (χ0n) is 16.1. The minimum Gasteiger partial charge on any atom is -0.380 e. The normalized spacial score (nSPS) is 10.8. The zero-order valence-corrected chi connectivity index (χ0v) is 16.1. The number of H-pyrrole nitrogens is 1. The highest BCUT2D eigenvalue weighted by molar-refractivity contribution is 5.77. The van der Waals surface area contributed by atoms with Gasteiger partial charge in [-0.15, -0.1) is 0 Å². The number of para-hydroxylation sites is 1. The van der Waals surface area contributed by atoms with Gasteiger partial charge in [-0.05, 0) is 30.2 Å². The van der Waals surface area contributed by atoms with Crippen LogP contribution in [0.25, 0.3) is 10.9 Å². The van der Waals surface area contributed by atoms with E-state index >= 15 is 0 Å². The van der Waals surface area contributed by atoms with Crippen LogP contribution in [0.3, 0.4) is 0 Å². The highest BCUT2D eigenvalue weighted by Crippen LogP contribution is 2.09. The number of nitrogens with one attached hydrogen (secondary N) is 2. The minimum atomic E-state index is -0.213. The Labute approximate surface area is 163 Å². The van der Waals surface area contributed by atoms with Gasteiger partial charge in [-0.2, -0.15) is 0 Å². The molecule has 7 heteroatoms. The van der Waals surface area contributed by atoms with Crippen LogP contribution >= 0.6 is 0 Å². The van der Waals surface area contributed by atoms with E-state index in [0.29, 0.717) is 36.4 Å². The molecular weight excluding hydrogens is 356 g/mol. The van der Waals surface area contributed by atoms with Crippen molar-refractivity contribution in [2.75, 3.05) is 13.7 Å². The topological polar surface area (TPSA) is 87.3 Å². The smallest absolute Gasteiger partial charge is 0.318 e. The van der Waals surface area contributed by atoms with E-state index in [0.717, 1.165) is 11.1 Å². The van der Waals surface area contributed by atoms with E-state index in [2.05, 4.69) is 15.3 Å². The van der Waals surface area contributed by atoms with Crippen LogP contribution in [0.1, 0.15) is 23.9 Å². The van der Waals surface area contributed by atoms with Crippen LogP contribution in [0, 0.1) is 0 Å². The van der Waals surface area contributed by atoms with E-state index in [1.807, 2.05) is 37.3 Å². The first-order chi connectivity index (χ1) is 13.6. The Balaban J connectivity index is 1.67. The van der Waals surface area contributed by atoms with Gasteiger partial charge in [-0.1, -0.05) is 36.4 Å². The number of fused-ring (bicyclic) bond motifs is 1. The number of nitrogens with zero attached hydrogens (tertiary/aromatic N) is 2. The van der Waals surface area contributed by atoms with Crippen LogP contribution in [-0.2, 0) is 24.4 Å². The number of hydrogen-bond acceptors (Lipinski definition) is 4. The molecule has 3 rings (SSSR count). The number of carbonyl (C=O) groups is 1. The summed E-state index contributed by atoms with van der Waals surface area (Å²) in [6.07, 6.45) is 0. The van der Waals surface area contributed by atoms with Crippen LogP contribution < -0.4 is 10.9 Å².